The first-order valence-electron chi connectivity index (χ1n) is 3.23. The first-order valence-corrected chi connectivity index (χ1v) is 3.23. The van der Waals surface area contributed by atoms with Crippen molar-refractivity contribution in [1.82, 2.24) is 0 Å². The molecule has 1 nitrogen and oxygen atoms in total. The fraction of sp³-hybridized carbons (Fsp3) is 1.00. The summed E-state index contributed by atoms with van der Waals surface area (Å²) in [6, 6.07) is 0. The summed E-state index contributed by atoms with van der Waals surface area (Å²) in [5.41, 5.74) is 0.125. The second-order valence-corrected chi connectivity index (χ2v) is 2.36. The Balaban J connectivity index is 3.58. The third-order valence-electron chi connectivity index (χ3n) is 1.99. The van der Waals surface area contributed by atoms with Crippen LogP contribution < -0.4 is 0 Å². The van der Waals surface area contributed by atoms with E-state index in [1.165, 1.54) is 0 Å². The summed E-state index contributed by atoms with van der Waals surface area (Å²) in [5, 5.41) is 0. The Labute approximate surface area is 52.9 Å². The molecule has 0 saturated heterocycles. The van der Waals surface area contributed by atoms with Crippen LogP contribution >= 0.6 is 0 Å². The minimum atomic E-state index is 0.125. The molecular weight excluding hydrogens is 98.9 g/mol. The molecule has 0 radical (unpaired) electrons. The van der Waals surface area contributed by atoms with E-state index in [2.05, 4.69) is 20.8 Å². The highest BCUT2D eigenvalue weighted by Gasteiger charge is 2.15. The second kappa shape index (κ2) is 3.13. The first kappa shape index (κ1) is 8.02. The monoisotopic (exact) mass is 114 g/mol. The molecule has 0 unspecified atom stereocenters. The third-order valence-corrected chi connectivity index (χ3v) is 1.99. The van der Waals surface area contributed by atoms with E-state index in [4.69, 9.17) is 4.65 Å². The molecule has 8 heavy (non-hydrogen) atoms. The van der Waals surface area contributed by atoms with Gasteiger partial charge in [0.15, 0.2) is 0 Å². The first-order chi connectivity index (χ1) is 3.68. The summed E-state index contributed by atoms with van der Waals surface area (Å²) >= 11 is 0. The van der Waals surface area contributed by atoms with Crippen LogP contribution in [0.4, 0.5) is 0 Å². The lowest BCUT2D eigenvalue weighted by atomic mass is 9.99. The van der Waals surface area contributed by atoms with Gasteiger partial charge in [0.2, 0.25) is 0 Å². The molecule has 0 saturated carbocycles. The van der Waals surface area contributed by atoms with Crippen molar-refractivity contribution in [3.63, 3.8) is 0 Å². The van der Waals surface area contributed by atoms with Gasteiger partial charge in [0.05, 0.1) is 0 Å². The molecule has 0 heterocycles. The molecule has 0 aromatic rings. The van der Waals surface area contributed by atoms with Crippen LogP contribution in [0.15, 0.2) is 0 Å². The zero-order valence-corrected chi connectivity index (χ0v) is 6.32. The maximum absolute atomic E-state index is 5.24. The van der Waals surface area contributed by atoms with Gasteiger partial charge in [-0.05, 0) is 19.8 Å². The summed E-state index contributed by atoms with van der Waals surface area (Å²) in [4.78, 5) is 0. The van der Waals surface area contributed by atoms with E-state index in [9.17, 15) is 0 Å². The molecule has 0 fully saturated rings. The molecule has 2 heteroatoms. The molecule has 0 aliphatic carbocycles. The third kappa shape index (κ3) is 1.87. The van der Waals surface area contributed by atoms with Crippen molar-refractivity contribution in [3.05, 3.63) is 0 Å². The quantitative estimate of drug-likeness (QED) is 0.499. The van der Waals surface area contributed by atoms with Crippen molar-refractivity contribution in [2.45, 2.75) is 39.2 Å². The Kier molecular flexibility index (Phi) is 3.14. The average Bonchev–Trinajstić information content (AvgIpc) is 1.87. The van der Waals surface area contributed by atoms with Gasteiger partial charge in [-0.25, -0.2) is 0 Å². The van der Waals surface area contributed by atoms with Gasteiger partial charge in [-0.3, -0.25) is 0 Å². The predicted molar refractivity (Wildman–Crippen MR) is 38.6 cm³/mol. The lowest BCUT2D eigenvalue weighted by Gasteiger charge is -2.25. The molecule has 0 bridgehead atoms. The minimum Gasteiger partial charge on any atom is -0.439 e. The van der Waals surface area contributed by atoms with Crippen LogP contribution in [0.25, 0.3) is 0 Å². The highest BCUT2D eigenvalue weighted by Crippen LogP contribution is 2.16. The van der Waals surface area contributed by atoms with Crippen molar-refractivity contribution < 1.29 is 4.65 Å². The van der Waals surface area contributed by atoms with E-state index in [0.717, 1.165) is 12.8 Å². The topological polar surface area (TPSA) is 9.23 Å². The summed E-state index contributed by atoms with van der Waals surface area (Å²) in [6.07, 6.45) is 2.19. The van der Waals surface area contributed by atoms with Crippen LogP contribution in [-0.2, 0) is 4.65 Å². The molecule has 0 aromatic carbocycles. The number of rotatable bonds is 3. The standard InChI is InChI=1S/C6H15BO/c1-4-6(3,5-2)8-7/h4-5,7H2,1-3H3. The molecule has 0 aromatic heterocycles. The van der Waals surface area contributed by atoms with Gasteiger partial charge in [-0.1, -0.05) is 13.8 Å². The van der Waals surface area contributed by atoms with Crippen LogP contribution in [0.1, 0.15) is 33.6 Å². The van der Waals surface area contributed by atoms with Crippen LogP contribution in [0.2, 0.25) is 0 Å². The van der Waals surface area contributed by atoms with Crippen LogP contribution in [0.3, 0.4) is 0 Å². The largest absolute Gasteiger partial charge is 0.439 e. The van der Waals surface area contributed by atoms with E-state index < -0.39 is 0 Å². The van der Waals surface area contributed by atoms with E-state index in [1.54, 1.807) is 8.05 Å². The summed E-state index contributed by atoms with van der Waals surface area (Å²) in [5.74, 6) is 0. The fourth-order valence-corrected chi connectivity index (χ4v) is 0.539. The van der Waals surface area contributed by atoms with Crippen molar-refractivity contribution in [1.29, 1.82) is 0 Å². The van der Waals surface area contributed by atoms with Crippen molar-refractivity contribution >= 4 is 8.05 Å². The van der Waals surface area contributed by atoms with Gasteiger partial charge < -0.3 is 4.65 Å². The Bertz CT molecular complexity index is 51.3. The molecule has 0 spiro atoms. The lowest BCUT2D eigenvalue weighted by molar-refractivity contribution is 0.0924. The van der Waals surface area contributed by atoms with Crippen molar-refractivity contribution in [2.24, 2.45) is 0 Å². The Morgan fingerprint density at radius 1 is 1.38 bits per heavy atom. The molecule has 48 valence electrons. The summed E-state index contributed by atoms with van der Waals surface area (Å²) < 4.78 is 5.24. The van der Waals surface area contributed by atoms with E-state index in [1.807, 2.05) is 0 Å². The average molecular weight is 114 g/mol. The second-order valence-electron chi connectivity index (χ2n) is 2.36. The summed E-state index contributed by atoms with van der Waals surface area (Å²) in [7, 11) is 1.77. The van der Waals surface area contributed by atoms with Crippen LogP contribution in [-0.4, -0.2) is 13.7 Å². The highest BCUT2D eigenvalue weighted by atomic mass is 16.4. The van der Waals surface area contributed by atoms with Gasteiger partial charge in [0.25, 0.3) is 8.05 Å². The lowest BCUT2D eigenvalue weighted by Crippen LogP contribution is -2.25. The van der Waals surface area contributed by atoms with Gasteiger partial charge in [0, 0.05) is 5.60 Å². The Morgan fingerprint density at radius 3 is 1.75 bits per heavy atom. The van der Waals surface area contributed by atoms with Crippen molar-refractivity contribution in [2.75, 3.05) is 0 Å². The van der Waals surface area contributed by atoms with E-state index >= 15 is 0 Å². The Morgan fingerprint density at radius 2 is 1.75 bits per heavy atom. The molecule has 0 N–H and O–H groups in total. The summed E-state index contributed by atoms with van der Waals surface area (Å²) in [6.45, 7) is 6.42. The van der Waals surface area contributed by atoms with Crippen LogP contribution in [0, 0.1) is 0 Å². The fourth-order valence-electron chi connectivity index (χ4n) is 0.539. The van der Waals surface area contributed by atoms with Gasteiger partial charge in [0.1, 0.15) is 0 Å². The van der Waals surface area contributed by atoms with Crippen LogP contribution in [0.5, 0.6) is 0 Å². The number of hydrogen-bond donors (Lipinski definition) is 0. The predicted octanol–water partition coefficient (Wildman–Crippen LogP) is 1.13. The highest BCUT2D eigenvalue weighted by molar-refractivity contribution is 5.98. The van der Waals surface area contributed by atoms with Gasteiger partial charge in [-0.15, -0.1) is 0 Å². The van der Waals surface area contributed by atoms with Gasteiger partial charge >= 0.3 is 0 Å². The SMILES string of the molecule is BOC(C)(CC)CC. The zero-order chi connectivity index (χ0) is 6.62. The maximum atomic E-state index is 5.24. The molecule has 0 aliphatic rings. The van der Waals surface area contributed by atoms with E-state index in [-0.39, 0.29) is 5.60 Å². The molecule has 0 amide bonds. The maximum Gasteiger partial charge on any atom is 0.258 e. The van der Waals surface area contributed by atoms with Crippen molar-refractivity contribution in [3.8, 4) is 0 Å². The normalized spacial score (nSPS) is 11.9. The molecular formula is C6H15BO. The minimum absolute atomic E-state index is 0.125. The van der Waals surface area contributed by atoms with Gasteiger partial charge in [-0.2, -0.15) is 0 Å². The number of hydrogen-bond acceptors (Lipinski definition) is 1. The Hall–Kier alpha value is 0.0249. The smallest absolute Gasteiger partial charge is 0.258 e. The molecule has 0 atom stereocenters. The molecule has 0 rings (SSSR count). The molecule has 0 aliphatic heterocycles. The zero-order valence-electron chi connectivity index (χ0n) is 6.32. The van der Waals surface area contributed by atoms with E-state index in [0.29, 0.717) is 0 Å².